The van der Waals surface area contributed by atoms with E-state index in [9.17, 15) is 19.1 Å². The first kappa shape index (κ1) is 28.0. The minimum absolute atomic E-state index is 0.0984. The average Bonchev–Trinajstić information content (AvgIpc) is 3.69. The van der Waals surface area contributed by atoms with Gasteiger partial charge in [-0.05, 0) is 65.6 Å². The van der Waals surface area contributed by atoms with Crippen molar-refractivity contribution in [3.63, 3.8) is 0 Å². The fourth-order valence-electron chi connectivity index (χ4n) is 6.14. The second-order valence-electron chi connectivity index (χ2n) is 11.0. The number of carbonyl (C=O) groups excluding carboxylic acids is 2. The number of aromatic nitrogens is 1. The lowest BCUT2D eigenvalue weighted by Gasteiger charge is -2.27. The Morgan fingerprint density at radius 1 is 0.886 bits per heavy atom. The van der Waals surface area contributed by atoms with Crippen molar-refractivity contribution in [2.75, 3.05) is 39.7 Å². The number of aliphatic hydroxyl groups is 1. The molecule has 4 aromatic rings. The van der Waals surface area contributed by atoms with Crippen molar-refractivity contribution < 1.29 is 33.3 Å². The van der Waals surface area contributed by atoms with Crippen LogP contribution in [-0.2, 0) is 11.3 Å². The molecule has 0 saturated carbocycles. The highest BCUT2D eigenvalue weighted by Crippen LogP contribution is 2.44. The molecule has 1 aromatic heterocycles. The Morgan fingerprint density at radius 2 is 1.66 bits per heavy atom. The monoisotopic (exact) mass is 595 g/mol. The zero-order valence-corrected chi connectivity index (χ0v) is 23.9. The van der Waals surface area contributed by atoms with Gasteiger partial charge in [0.1, 0.15) is 11.5 Å². The molecule has 7 rings (SSSR count). The number of aliphatic hydroxyl groups excluding tert-OH is 1. The van der Waals surface area contributed by atoms with Crippen LogP contribution in [-0.4, -0.2) is 71.4 Å². The minimum Gasteiger partial charge on any atom is -0.454 e. The SMILES string of the molecule is O=C(c1cc2c(c(-c3cccc(-c4ccc(F)cc4)c3)n1)[C@@H](CCO)N(C(=O)c1ccc3c(c1)OCO3)C2)N1CCOCC1. The van der Waals surface area contributed by atoms with E-state index in [1.807, 2.05) is 24.3 Å². The quantitative estimate of drug-likeness (QED) is 0.341. The highest BCUT2D eigenvalue weighted by Gasteiger charge is 2.38. The molecule has 0 aliphatic carbocycles. The van der Waals surface area contributed by atoms with Crippen LogP contribution in [0.4, 0.5) is 4.39 Å². The zero-order valence-electron chi connectivity index (χ0n) is 23.9. The summed E-state index contributed by atoms with van der Waals surface area (Å²) >= 11 is 0. The van der Waals surface area contributed by atoms with E-state index in [1.165, 1.54) is 12.1 Å². The maximum atomic E-state index is 14.0. The molecule has 1 fully saturated rings. The first-order valence-corrected chi connectivity index (χ1v) is 14.6. The highest BCUT2D eigenvalue weighted by atomic mass is 19.1. The van der Waals surface area contributed by atoms with Gasteiger partial charge in [-0.15, -0.1) is 0 Å². The number of nitrogens with zero attached hydrogens (tertiary/aromatic N) is 3. The summed E-state index contributed by atoms with van der Waals surface area (Å²) in [6, 6.07) is 20.3. The summed E-state index contributed by atoms with van der Waals surface area (Å²) in [5.41, 5.74) is 5.32. The summed E-state index contributed by atoms with van der Waals surface area (Å²) in [5.74, 6) is 0.329. The van der Waals surface area contributed by atoms with Crippen molar-refractivity contribution in [3.8, 4) is 33.9 Å². The van der Waals surface area contributed by atoms with Crippen molar-refractivity contribution >= 4 is 11.8 Å². The molecular formula is C34H30FN3O6. The second-order valence-corrected chi connectivity index (χ2v) is 11.0. The molecule has 0 unspecified atom stereocenters. The molecule has 9 nitrogen and oxygen atoms in total. The van der Waals surface area contributed by atoms with Gasteiger partial charge in [-0.1, -0.05) is 30.3 Å². The van der Waals surface area contributed by atoms with Crippen molar-refractivity contribution in [1.82, 2.24) is 14.8 Å². The number of pyridine rings is 1. The van der Waals surface area contributed by atoms with Crippen molar-refractivity contribution in [2.24, 2.45) is 0 Å². The Labute approximate surface area is 253 Å². The van der Waals surface area contributed by atoms with E-state index in [1.54, 1.807) is 46.2 Å². The molecule has 0 bridgehead atoms. The largest absolute Gasteiger partial charge is 0.454 e. The Hall–Kier alpha value is -4.80. The standard InChI is InChI=1S/C34H30FN3O6/c35-26-7-4-21(5-8-26)22-2-1-3-23(16-22)32-31-25(17-27(36-32)34(41)37-11-14-42-15-12-37)19-38(28(31)10-13-39)33(40)24-6-9-29-30(18-24)44-20-43-29/h1-9,16-18,28,39H,10-15,19-20H2/t28-/m1/s1. The van der Waals surface area contributed by atoms with E-state index in [0.717, 1.165) is 27.8 Å². The second kappa shape index (κ2) is 11.7. The summed E-state index contributed by atoms with van der Waals surface area (Å²) in [7, 11) is 0. The third-order valence-corrected chi connectivity index (χ3v) is 8.31. The molecule has 1 saturated heterocycles. The molecule has 224 valence electrons. The molecule has 1 N–H and O–H groups in total. The summed E-state index contributed by atoms with van der Waals surface area (Å²) < 4.78 is 30.0. The molecule has 10 heteroatoms. The molecule has 3 aliphatic heterocycles. The maximum Gasteiger partial charge on any atom is 0.272 e. The van der Waals surface area contributed by atoms with Crippen LogP contribution in [0, 0.1) is 5.82 Å². The van der Waals surface area contributed by atoms with Crippen molar-refractivity contribution in [2.45, 2.75) is 19.0 Å². The van der Waals surface area contributed by atoms with Gasteiger partial charge in [0.05, 0.1) is 24.9 Å². The lowest BCUT2D eigenvalue weighted by Crippen LogP contribution is -2.41. The Morgan fingerprint density at radius 3 is 2.45 bits per heavy atom. The van der Waals surface area contributed by atoms with Gasteiger partial charge < -0.3 is 29.1 Å². The fraction of sp³-hybridized carbons (Fsp3) is 0.265. The number of morpholine rings is 1. The number of benzene rings is 3. The van der Waals surface area contributed by atoms with Crippen LogP contribution in [0.3, 0.4) is 0 Å². The summed E-state index contributed by atoms with van der Waals surface area (Å²) in [5, 5.41) is 10.1. The van der Waals surface area contributed by atoms with Gasteiger partial charge in [-0.25, -0.2) is 9.37 Å². The molecule has 3 aromatic carbocycles. The summed E-state index contributed by atoms with van der Waals surface area (Å²) in [4.78, 5) is 36.1. The van der Waals surface area contributed by atoms with Crippen LogP contribution in [0.2, 0.25) is 0 Å². The van der Waals surface area contributed by atoms with Crippen LogP contribution in [0.15, 0.2) is 72.8 Å². The van der Waals surface area contributed by atoms with E-state index in [0.29, 0.717) is 49.1 Å². The van der Waals surface area contributed by atoms with Gasteiger partial charge in [0.2, 0.25) is 6.79 Å². The molecular weight excluding hydrogens is 565 g/mol. The van der Waals surface area contributed by atoms with E-state index in [-0.39, 0.29) is 49.7 Å². The minimum atomic E-state index is -0.488. The number of hydrogen-bond acceptors (Lipinski definition) is 7. The number of halogens is 1. The topological polar surface area (TPSA) is 101 Å². The number of amides is 2. The van der Waals surface area contributed by atoms with Gasteiger partial charge in [-0.2, -0.15) is 0 Å². The normalized spacial score (nSPS) is 17.1. The zero-order chi connectivity index (χ0) is 30.2. The first-order valence-electron chi connectivity index (χ1n) is 14.6. The van der Waals surface area contributed by atoms with E-state index in [4.69, 9.17) is 19.2 Å². The van der Waals surface area contributed by atoms with Crippen LogP contribution < -0.4 is 9.47 Å². The van der Waals surface area contributed by atoms with Gasteiger partial charge >= 0.3 is 0 Å². The summed E-state index contributed by atoms with van der Waals surface area (Å²) in [6.07, 6.45) is 0.284. The molecule has 1 atom stereocenters. The van der Waals surface area contributed by atoms with Gasteiger partial charge in [0.25, 0.3) is 11.8 Å². The number of carbonyl (C=O) groups is 2. The van der Waals surface area contributed by atoms with E-state index < -0.39 is 6.04 Å². The Bertz CT molecular complexity index is 1740. The third-order valence-electron chi connectivity index (χ3n) is 8.31. The lowest BCUT2D eigenvalue weighted by molar-refractivity contribution is 0.0299. The van der Waals surface area contributed by atoms with Crippen molar-refractivity contribution in [1.29, 1.82) is 0 Å². The number of fused-ring (bicyclic) bond motifs is 2. The Balaban J connectivity index is 1.33. The van der Waals surface area contributed by atoms with Crippen molar-refractivity contribution in [3.05, 3.63) is 101 Å². The van der Waals surface area contributed by atoms with Gasteiger partial charge in [0.15, 0.2) is 11.5 Å². The van der Waals surface area contributed by atoms with E-state index >= 15 is 0 Å². The predicted octanol–water partition coefficient (Wildman–Crippen LogP) is 4.84. The third kappa shape index (κ3) is 5.16. The van der Waals surface area contributed by atoms with Crippen LogP contribution in [0.25, 0.3) is 22.4 Å². The lowest BCUT2D eigenvalue weighted by atomic mass is 9.93. The smallest absolute Gasteiger partial charge is 0.272 e. The average molecular weight is 596 g/mol. The van der Waals surface area contributed by atoms with E-state index in [2.05, 4.69) is 0 Å². The molecule has 2 amide bonds. The van der Waals surface area contributed by atoms with Gasteiger partial charge in [0, 0.05) is 42.9 Å². The molecule has 3 aliphatic rings. The molecule has 44 heavy (non-hydrogen) atoms. The molecule has 4 heterocycles. The number of ether oxygens (including phenoxy) is 3. The van der Waals surface area contributed by atoms with Crippen LogP contribution >= 0.6 is 0 Å². The fourth-order valence-corrected chi connectivity index (χ4v) is 6.14. The maximum absolute atomic E-state index is 14.0. The number of hydrogen-bond donors (Lipinski definition) is 1. The summed E-state index contributed by atoms with van der Waals surface area (Å²) in [6.45, 7) is 2.03. The predicted molar refractivity (Wildman–Crippen MR) is 159 cm³/mol. The number of rotatable bonds is 6. The highest BCUT2D eigenvalue weighted by molar-refractivity contribution is 5.97. The first-order chi connectivity index (χ1) is 21.5. The van der Waals surface area contributed by atoms with Gasteiger partial charge in [-0.3, -0.25) is 9.59 Å². The molecule has 0 radical (unpaired) electrons. The Kier molecular flexibility index (Phi) is 7.45. The van der Waals surface area contributed by atoms with Crippen LogP contribution in [0.5, 0.6) is 11.5 Å². The molecule has 0 spiro atoms. The van der Waals surface area contributed by atoms with Crippen LogP contribution in [0.1, 0.15) is 44.4 Å².